The fourth-order valence-corrected chi connectivity index (χ4v) is 11.2. The van der Waals surface area contributed by atoms with Gasteiger partial charge < -0.3 is 20.7 Å². The minimum atomic E-state index is -2.46. The Morgan fingerprint density at radius 1 is 0.557 bits per heavy atom. The molecule has 2 aromatic heterocycles. The van der Waals surface area contributed by atoms with E-state index in [-0.39, 0.29) is 36.4 Å². The highest BCUT2D eigenvalue weighted by atomic mass is 16.6. The summed E-state index contributed by atoms with van der Waals surface area (Å²) in [5.41, 5.74) is 0.291. The summed E-state index contributed by atoms with van der Waals surface area (Å²) in [5, 5.41) is 23.3. The van der Waals surface area contributed by atoms with Crippen LogP contribution in [0.4, 0.5) is 5.95 Å². The first-order valence-corrected chi connectivity index (χ1v) is 29.5. The number of anilines is 1. The van der Waals surface area contributed by atoms with Crippen molar-refractivity contribution in [2.45, 2.75) is 308 Å². The van der Waals surface area contributed by atoms with E-state index >= 15 is 14.4 Å². The number of nitrogen functional groups attached to an aromatic ring is 1. The lowest BCUT2D eigenvalue weighted by Crippen LogP contribution is -2.64. The van der Waals surface area contributed by atoms with Crippen molar-refractivity contribution in [1.29, 1.82) is 0 Å². The molecule has 0 aliphatic carbocycles. The van der Waals surface area contributed by atoms with Gasteiger partial charge in [-0.1, -0.05) is 252 Å². The zero-order chi connectivity index (χ0) is 50.7. The monoisotopic (exact) mass is 982 g/mol. The third kappa shape index (κ3) is 19.5. The minimum absolute atomic E-state index is 0.0548. The molecule has 0 radical (unpaired) electrons. The summed E-state index contributed by atoms with van der Waals surface area (Å²) in [6, 6.07) is 0. The quantitative estimate of drug-likeness (QED) is 0.0367. The van der Waals surface area contributed by atoms with Gasteiger partial charge in [0.15, 0.2) is 33.9 Å². The van der Waals surface area contributed by atoms with Gasteiger partial charge in [-0.05, 0) is 19.3 Å². The van der Waals surface area contributed by atoms with E-state index in [1.807, 2.05) is 0 Å². The van der Waals surface area contributed by atoms with Crippen LogP contribution in [0.15, 0.2) is 11.1 Å². The van der Waals surface area contributed by atoms with Crippen LogP contribution in [0.2, 0.25) is 0 Å². The minimum Gasteiger partial charge on any atom is -0.394 e. The Morgan fingerprint density at radius 2 is 0.871 bits per heavy atom. The smallest absolute Gasteiger partial charge is 0.280 e. The van der Waals surface area contributed by atoms with Crippen molar-refractivity contribution in [3.05, 3.63) is 16.7 Å². The summed E-state index contributed by atoms with van der Waals surface area (Å²) in [6.45, 7) is 5.99. The van der Waals surface area contributed by atoms with Crippen LogP contribution in [0.25, 0.3) is 11.2 Å². The van der Waals surface area contributed by atoms with Gasteiger partial charge in [-0.25, -0.2) is 4.98 Å². The number of aliphatic hydroxyl groups is 2. The summed E-state index contributed by atoms with van der Waals surface area (Å²) < 4.78 is 7.83. The lowest BCUT2D eigenvalue weighted by atomic mass is 9.63. The van der Waals surface area contributed by atoms with Crippen LogP contribution in [0.5, 0.6) is 0 Å². The van der Waals surface area contributed by atoms with E-state index in [2.05, 4.69) is 35.7 Å². The van der Waals surface area contributed by atoms with Gasteiger partial charge in [-0.2, -0.15) is 4.98 Å². The number of ether oxygens (including phenoxy) is 1. The number of aromatic nitrogens is 4. The number of carbonyl (C=O) groups excluding carboxylic acids is 3. The maximum atomic E-state index is 15.4. The van der Waals surface area contributed by atoms with Crippen LogP contribution in [0.1, 0.15) is 290 Å². The van der Waals surface area contributed by atoms with Gasteiger partial charge >= 0.3 is 0 Å². The molecule has 12 heteroatoms. The molecular weight excluding hydrogens is 879 g/mol. The average molecular weight is 982 g/mol. The van der Waals surface area contributed by atoms with E-state index in [0.29, 0.717) is 19.3 Å². The summed E-state index contributed by atoms with van der Waals surface area (Å²) in [7, 11) is 0. The molecule has 2 aromatic rings. The van der Waals surface area contributed by atoms with Crippen molar-refractivity contribution in [2.24, 2.45) is 5.41 Å². The summed E-state index contributed by atoms with van der Waals surface area (Å²) >= 11 is 0. The highest BCUT2D eigenvalue weighted by Crippen LogP contribution is 2.55. The van der Waals surface area contributed by atoms with Crippen molar-refractivity contribution in [3.63, 3.8) is 0 Å². The number of nitrogens with two attached hydrogens (primary N) is 1. The zero-order valence-electron chi connectivity index (χ0n) is 45.0. The molecule has 0 saturated carbocycles. The van der Waals surface area contributed by atoms with Crippen molar-refractivity contribution < 1.29 is 29.3 Å². The van der Waals surface area contributed by atoms with E-state index in [4.69, 9.17) is 10.5 Å². The molecule has 0 spiro atoms. The van der Waals surface area contributed by atoms with Gasteiger partial charge in [0.2, 0.25) is 11.7 Å². The Balaban J connectivity index is 1.83. The summed E-state index contributed by atoms with van der Waals surface area (Å²) in [5.74, 6) is -1.99. The van der Waals surface area contributed by atoms with Crippen LogP contribution in [0.3, 0.4) is 0 Å². The Bertz CT molecular complexity index is 1720. The normalized spacial score (nSPS) is 17.8. The fraction of sp³-hybridized carbons (Fsp3) is 0.862. The molecule has 0 aromatic carbocycles. The highest BCUT2D eigenvalue weighted by molar-refractivity contribution is 6.14. The van der Waals surface area contributed by atoms with Crippen LogP contribution in [-0.2, 0) is 24.8 Å². The Kier molecular flexibility index (Phi) is 32.3. The van der Waals surface area contributed by atoms with Crippen LogP contribution >= 0.6 is 0 Å². The molecule has 5 N–H and O–H groups in total. The number of nitrogens with one attached hydrogen (secondary N) is 1. The van der Waals surface area contributed by atoms with Crippen molar-refractivity contribution in [1.82, 2.24) is 19.5 Å². The SMILES string of the molecule is CCCCCCCCCCCCCCCC(=O)C1(C(=O)CCCCCCCCCCCCCCC)[C@H](O)[C@@H](CO)O[C@@]1(C(=O)CCCCCCCCCCCCCCC)n1cnc2c(=O)[nH]c(N)nc21. The maximum absolute atomic E-state index is 15.4. The number of unbranched alkanes of at least 4 members (excludes halogenated alkanes) is 36. The van der Waals surface area contributed by atoms with Crippen LogP contribution in [-0.4, -0.2) is 65.9 Å². The van der Waals surface area contributed by atoms with Gasteiger partial charge in [-0.15, -0.1) is 0 Å². The maximum Gasteiger partial charge on any atom is 0.280 e. The molecule has 1 saturated heterocycles. The van der Waals surface area contributed by atoms with E-state index in [0.717, 1.165) is 77.0 Å². The molecule has 3 heterocycles. The van der Waals surface area contributed by atoms with Crippen LogP contribution < -0.4 is 11.3 Å². The molecule has 70 heavy (non-hydrogen) atoms. The number of carbonyl (C=O) groups is 3. The zero-order valence-corrected chi connectivity index (χ0v) is 45.0. The standard InChI is InChI=1S/C58H103N5O7/c1-4-7-10-13-16-19-22-25-28-31-34-37-40-43-49(65)57(50(66)44-41-38-35-32-29-26-23-20-17-14-11-8-5-2)53(68)48(46-64)70-58(57,63-47-60-52-54(63)61-56(59)62-55(52)69)51(67)45-42-39-36-33-30-27-24-21-18-15-12-9-6-3/h47-48,53,64,68H,4-46H2,1-3H3,(H3,59,61,62,69)/t48-,53-,58-/m1/s1. The number of aromatic amines is 1. The lowest BCUT2D eigenvalue weighted by Gasteiger charge is -2.43. The van der Waals surface area contributed by atoms with Crippen LogP contribution in [0, 0.1) is 5.41 Å². The summed E-state index contributed by atoms with van der Waals surface area (Å²) in [4.78, 5) is 70.5. The predicted molar refractivity (Wildman–Crippen MR) is 287 cm³/mol. The first kappa shape index (κ1) is 61.3. The number of ketones is 3. The third-order valence-electron chi connectivity index (χ3n) is 15.4. The Hall–Kier alpha value is -2.96. The second-order valence-electron chi connectivity index (χ2n) is 21.2. The van der Waals surface area contributed by atoms with Crippen molar-refractivity contribution >= 4 is 34.5 Å². The van der Waals surface area contributed by atoms with Gasteiger partial charge in [0.05, 0.1) is 6.61 Å². The largest absolute Gasteiger partial charge is 0.394 e. The van der Waals surface area contributed by atoms with E-state index in [9.17, 15) is 15.0 Å². The van der Waals surface area contributed by atoms with Crippen molar-refractivity contribution in [2.75, 3.05) is 12.3 Å². The lowest BCUT2D eigenvalue weighted by molar-refractivity contribution is -0.187. The van der Waals surface area contributed by atoms with Gasteiger partial charge in [-0.3, -0.25) is 28.7 Å². The number of Topliss-reactive ketones (excluding diaryl/α,β-unsaturated/α-hetero) is 3. The molecule has 402 valence electrons. The molecule has 1 fully saturated rings. The second-order valence-corrected chi connectivity index (χ2v) is 21.2. The number of H-pyrrole nitrogens is 1. The van der Waals surface area contributed by atoms with Gasteiger partial charge in [0.25, 0.3) is 5.56 Å². The molecule has 3 atom stereocenters. The first-order chi connectivity index (χ1) is 34.2. The van der Waals surface area contributed by atoms with E-state index < -0.39 is 52.9 Å². The van der Waals surface area contributed by atoms with E-state index in [1.54, 1.807) is 0 Å². The fourth-order valence-electron chi connectivity index (χ4n) is 11.2. The molecule has 1 aliphatic heterocycles. The molecule has 1 aliphatic rings. The number of hydrogen-bond acceptors (Lipinski definition) is 10. The average Bonchev–Trinajstić information content (AvgIpc) is 3.90. The molecule has 0 unspecified atom stereocenters. The third-order valence-corrected chi connectivity index (χ3v) is 15.4. The topological polar surface area (TPSA) is 190 Å². The van der Waals surface area contributed by atoms with Crippen molar-refractivity contribution in [3.8, 4) is 0 Å². The number of hydrogen-bond donors (Lipinski definition) is 4. The van der Waals surface area contributed by atoms with Gasteiger partial charge in [0, 0.05) is 19.3 Å². The van der Waals surface area contributed by atoms with Gasteiger partial charge in [0.1, 0.15) is 18.5 Å². The number of nitrogens with zero attached hydrogens (tertiary/aromatic N) is 3. The Morgan fingerprint density at radius 3 is 1.20 bits per heavy atom. The Labute approximate surface area is 424 Å². The molecule has 3 rings (SSSR count). The molecule has 12 nitrogen and oxygen atoms in total. The second kappa shape index (κ2) is 36.9. The number of aliphatic hydroxyl groups excluding tert-OH is 2. The highest BCUT2D eigenvalue weighted by Gasteiger charge is 2.76. The molecule has 0 bridgehead atoms. The molecular formula is C58H103N5O7. The van der Waals surface area contributed by atoms with E-state index in [1.165, 1.54) is 165 Å². The number of imidazole rings is 1. The molecule has 0 amide bonds. The number of fused-ring (bicyclic) bond motifs is 1. The predicted octanol–water partition coefficient (Wildman–Crippen LogP) is 14.2. The first-order valence-electron chi connectivity index (χ1n) is 29.5. The summed E-state index contributed by atoms with van der Waals surface area (Å²) in [6.07, 6.45) is 41.4. The number of rotatable bonds is 47.